The maximum atomic E-state index is 12.4. The van der Waals surface area contributed by atoms with Crippen molar-refractivity contribution < 1.29 is 19.4 Å². The zero-order valence-corrected chi connectivity index (χ0v) is 16.4. The van der Waals surface area contributed by atoms with Crippen LogP contribution < -0.4 is 10.2 Å². The number of fused-ring (bicyclic) bond motifs is 1. The zero-order valence-electron chi connectivity index (χ0n) is 15.6. The van der Waals surface area contributed by atoms with Crippen molar-refractivity contribution in [2.24, 2.45) is 5.10 Å². The maximum Gasteiger partial charge on any atom is 0.353 e. The van der Waals surface area contributed by atoms with E-state index in [1.54, 1.807) is 53.9 Å². The molecule has 0 radical (unpaired) electrons. The summed E-state index contributed by atoms with van der Waals surface area (Å²) in [6, 6.07) is 20.8. The number of hydrogen-bond donors (Lipinski definition) is 2. The molecule has 1 aromatic heterocycles. The van der Waals surface area contributed by atoms with Crippen molar-refractivity contribution in [2.75, 3.05) is 0 Å². The van der Waals surface area contributed by atoms with Crippen molar-refractivity contribution in [1.82, 2.24) is 5.43 Å². The van der Waals surface area contributed by atoms with Crippen LogP contribution in [0.1, 0.15) is 25.6 Å². The second-order valence-corrected chi connectivity index (χ2v) is 7.30. The Morgan fingerprint density at radius 1 is 0.967 bits per heavy atom. The van der Waals surface area contributed by atoms with Gasteiger partial charge in [-0.25, -0.2) is 10.2 Å². The summed E-state index contributed by atoms with van der Waals surface area (Å²) >= 11 is 1.30. The number of carbonyl (C=O) groups excluding carboxylic acids is 2. The second-order valence-electron chi connectivity index (χ2n) is 6.35. The molecular formula is C23H16N2O4S. The third-order valence-electron chi connectivity index (χ3n) is 4.28. The molecule has 3 aromatic carbocycles. The van der Waals surface area contributed by atoms with Crippen molar-refractivity contribution in [3.8, 4) is 11.5 Å². The van der Waals surface area contributed by atoms with Crippen LogP contribution in [-0.2, 0) is 0 Å². The Labute approximate surface area is 176 Å². The van der Waals surface area contributed by atoms with E-state index in [1.807, 2.05) is 24.3 Å². The van der Waals surface area contributed by atoms with Gasteiger partial charge in [0.15, 0.2) is 0 Å². The third-order valence-corrected chi connectivity index (χ3v) is 5.13. The molecule has 0 aliphatic heterocycles. The summed E-state index contributed by atoms with van der Waals surface area (Å²) in [5.74, 6) is -0.714. The van der Waals surface area contributed by atoms with E-state index in [-0.39, 0.29) is 11.3 Å². The Kier molecular flexibility index (Phi) is 5.54. The van der Waals surface area contributed by atoms with Gasteiger partial charge in [0.25, 0.3) is 5.91 Å². The Hall–Kier alpha value is -3.97. The number of hydrazone groups is 1. The molecule has 7 heteroatoms. The lowest BCUT2D eigenvalue weighted by atomic mass is 10.1. The van der Waals surface area contributed by atoms with E-state index in [9.17, 15) is 14.7 Å². The van der Waals surface area contributed by atoms with E-state index in [0.717, 1.165) is 10.8 Å². The molecule has 0 saturated heterocycles. The van der Waals surface area contributed by atoms with Gasteiger partial charge in [-0.1, -0.05) is 42.5 Å². The van der Waals surface area contributed by atoms with E-state index in [1.165, 1.54) is 17.6 Å². The van der Waals surface area contributed by atoms with Crippen molar-refractivity contribution in [1.29, 1.82) is 0 Å². The van der Waals surface area contributed by atoms with Crippen molar-refractivity contribution in [3.63, 3.8) is 0 Å². The lowest BCUT2D eigenvalue weighted by molar-refractivity contribution is 0.0739. The number of esters is 1. The van der Waals surface area contributed by atoms with Crippen LogP contribution in [0.25, 0.3) is 10.8 Å². The molecule has 0 saturated carbocycles. The van der Waals surface area contributed by atoms with Crippen LogP contribution in [0.5, 0.6) is 11.5 Å². The molecule has 30 heavy (non-hydrogen) atoms. The lowest BCUT2D eigenvalue weighted by Gasteiger charge is -2.06. The molecule has 0 aliphatic carbocycles. The van der Waals surface area contributed by atoms with Crippen LogP contribution in [0.15, 0.2) is 83.3 Å². The number of carbonyl (C=O) groups is 2. The Bertz CT molecular complexity index is 1250. The molecule has 1 amide bonds. The van der Waals surface area contributed by atoms with Gasteiger partial charge in [-0.2, -0.15) is 5.10 Å². The minimum absolute atomic E-state index is 0.121. The summed E-state index contributed by atoms with van der Waals surface area (Å²) in [5, 5.41) is 17.5. The van der Waals surface area contributed by atoms with E-state index in [0.29, 0.717) is 16.2 Å². The molecule has 1 heterocycles. The predicted molar refractivity (Wildman–Crippen MR) is 116 cm³/mol. The monoisotopic (exact) mass is 416 g/mol. The first-order chi connectivity index (χ1) is 14.6. The number of ether oxygens (including phenoxy) is 1. The zero-order chi connectivity index (χ0) is 20.9. The number of nitrogens with one attached hydrogen (secondary N) is 1. The van der Waals surface area contributed by atoms with Gasteiger partial charge in [0.05, 0.1) is 11.8 Å². The summed E-state index contributed by atoms with van der Waals surface area (Å²) in [6.07, 6.45) is 1.43. The molecule has 148 valence electrons. The minimum Gasteiger partial charge on any atom is -0.507 e. The normalized spacial score (nSPS) is 10.9. The standard InChI is InChI=1S/C23H16N2O4S/c26-20-13-17-7-2-1-6-16(17)12-19(20)22(27)25-24-14-15-5-3-8-18(11-15)29-23(28)21-9-4-10-30-21/h1-14,26H,(H,25,27). The molecule has 0 unspecified atom stereocenters. The molecule has 6 nitrogen and oxygen atoms in total. The molecule has 0 fully saturated rings. The van der Waals surface area contributed by atoms with Gasteiger partial charge < -0.3 is 9.84 Å². The molecule has 0 atom stereocenters. The topological polar surface area (TPSA) is 88.0 Å². The van der Waals surface area contributed by atoms with Crippen LogP contribution in [0.3, 0.4) is 0 Å². The number of hydrogen-bond acceptors (Lipinski definition) is 6. The number of amides is 1. The van der Waals surface area contributed by atoms with E-state index in [4.69, 9.17) is 4.74 Å². The molecule has 0 aliphatic rings. The fraction of sp³-hybridized carbons (Fsp3) is 0. The largest absolute Gasteiger partial charge is 0.507 e. The minimum atomic E-state index is -0.533. The van der Waals surface area contributed by atoms with Crippen molar-refractivity contribution >= 4 is 40.2 Å². The van der Waals surface area contributed by atoms with E-state index < -0.39 is 11.9 Å². The highest BCUT2D eigenvalue weighted by molar-refractivity contribution is 7.12. The van der Waals surface area contributed by atoms with Gasteiger partial charge in [0, 0.05) is 0 Å². The van der Waals surface area contributed by atoms with Gasteiger partial charge in [-0.05, 0) is 52.0 Å². The molecule has 4 rings (SSSR count). The van der Waals surface area contributed by atoms with E-state index in [2.05, 4.69) is 10.5 Å². The first-order valence-corrected chi connectivity index (χ1v) is 9.89. The Balaban J connectivity index is 1.44. The second kappa shape index (κ2) is 8.59. The van der Waals surface area contributed by atoms with Crippen molar-refractivity contribution in [2.45, 2.75) is 0 Å². The lowest BCUT2D eigenvalue weighted by Crippen LogP contribution is -2.17. The number of rotatable bonds is 5. The summed E-state index contributed by atoms with van der Waals surface area (Å²) in [6.45, 7) is 0. The van der Waals surface area contributed by atoms with Gasteiger partial charge in [0.1, 0.15) is 16.4 Å². The maximum absolute atomic E-state index is 12.4. The highest BCUT2D eigenvalue weighted by Gasteiger charge is 2.12. The fourth-order valence-corrected chi connectivity index (χ4v) is 3.44. The van der Waals surface area contributed by atoms with Gasteiger partial charge >= 0.3 is 5.97 Å². The molecule has 0 bridgehead atoms. The quantitative estimate of drug-likeness (QED) is 0.216. The fourth-order valence-electron chi connectivity index (χ4n) is 2.85. The Morgan fingerprint density at radius 3 is 2.53 bits per heavy atom. The first-order valence-electron chi connectivity index (χ1n) is 9.01. The average Bonchev–Trinajstić information content (AvgIpc) is 3.28. The van der Waals surface area contributed by atoms with Crippen LogP contribution in [0, 0.1) is 0 Å². The summed E-state index contributed by atoms with van der Waals surface area (Å²) < 4.78 is 5.34. The number of benzene rings is 3. The van der Waals surface area contributed by atoms with E-state index >= 15 is 0 Å². The highest BCUT2D eigenvalue weighted by Crippen LogP contribution is 2.25. The van der Waals surface area contributed by atoms with Gasteiger partial charge in [-0.15, -0.1) is 11.3 Å². The number of aromatic hydroxyl groups is 1. The predicted octanol–water partition coefficient (Wildman–Crippen LogP) is 4.59. The van der Waals surface area contributed by atoms with Crippen LogP contribution >= 0.6 is 11.3 Å². The van der Waals surface area contributed by atoms with Crippen LogP contribution in [-0.4, -0.2) is 23.2 Å². The third kappa shape index (κ3) is 4.37. The molecular weight excluding hydrogens is 400 g/mol. The first kappa shape index (κ1) is 19.4. The number of phenolic OH excluding ortho intramolecular Hbond substituents is 1. The summed E-state index contributed by atoms with van der Waals surface area (Å²) in [4.78, 5) is 24.9. The number of thiophene rings is 1. The number of nitrogens with zero attached hydrogens (tertiary/aromatic N) is 1. The smallest absolute Gasteiger partial charge is 0.353 e. The summed E-state index contributed by atoms with van der Waals surface area (Å²) in [5.41, 5.74) is 3.16. The molecule has 0 spiro atoms. The average molecular weight is 416 g/mol. The van der Waals surface area contributed by atoms with Crippen molar-refractivity contribution in [3.05, 3.63) is 94.2 Å². The summed E-state index contributed by atoms with van der Waals surface area (Å²) in [7, 11) is 0. The SMILES string of the molecule is O=C(Oc1cccc(C=NNC(=O)c2cc3ccccc3cc2O)c1)c1cccs1. The van der Waals surface area contributed by atoms with Crippen LogP contribution in [0.4, 0.5) is 0 Å². The molecule has 4 aromatic rings. The van der Waals surface area contributed by atoms with Crippen LogP contribution in [0.2, 0.25) is 0 Å². The molecule has 2 N–H and O–H groups in total. The highest BCUT2D eigenvalue weighted by atomic mass is 32.1. The van der Waals surface area contributed by atoms with Gasteiger partial charge in [-0.3, -0.25) is 4.79 Å². The van der Waals surface area contributed by atoms with Gasteiger partial charge in [0.2, 0.25) is 0 Å². The number of phenols is 1. The Morgan fingerprint density at radius 2 is 1.77 bits per heavy atom.